The van der Waals surface area contributed by atoms with Crippen LogP contribution in [0.25, 0.3) is 0 Å². The fourth-order valence-electron chi connectivity index (χ4n) is 0.704. The number of carboxylic acids is 1. The van der Waals surface area contributed by atoms with Gasteiger partial charge in [-0.3, -0.25) is 0 Å². The van der Waals surface area contributed by atoms with E-state index in [0.29, 0.717) is 4.72 Å². The highest BCUT2D eigenvalue weighted by Gasteiger charge is 2.59. The van der Waals surface area contributed by atoms with E-state index in [1.807, 2.05) is 0 Å². The summed E-state index contributed by atoms with van der Waals surface area (Å²) in [7, 11) is -5.32. The van der Waals surface area contributed by atoms with E-state index in [9.17, 15) is 39.6 Å². The molecular weight excluding hydrogens is 310 g/mol. The molecule has 0 aliphatic heterocycles. The van der Waals surface area contributed by atoms with Gasteiger partial charge in [-0.15, -0.1) is 0 Å². The van der Waals surface area contributed by atoms with Gasteiger partial charge in [0.05, 0.1) is 0 Å². The minimum Gasteiger partial charge on any atom is -0.480 e. The molecule has 0 aromatic carbocycles. The molecule has 0 heterocycles. The molecule has 114 valence electrons. The van der Waals surface area contributed by atoms with E-state index in [-0.39, 0.29) is 6.92 Å². The van der Waals surface area contributed by atoms with Crippen molar-refractivity contribution in [1.82, 2.24) is 9.44 Å². The highest BCUT2D eigenvalue weighted by atomic mass is 32.2. The van der Waals surface area contributed by atoms with Gasteiger partial charge in [0.15, 0.2) is 0 Å². The van der Waals surface area contributed by atoms with E-state index in [4.69, 9.17) is 5.11 Å². The molecule has 0 saturated carbocycles. The zero-order valence-electron chi connectivity index (χ0n) is 9.06. The van der Waals surface area contributed by atoms with Gasteiger partial charge in [0, 0.05) is 0 Å². The van der Waals surface area contributed by atoms with Crippen LogP contribution < -0.4 is 9.44 Å². The Bertz CT molecular complexity index is 444. The largest absolute Gasteiger partial charge is 0.480 e. The first kappa shape index (κ1) is 17.9. The Hall–Kier alpha value is -1.08. The minimum absolute atomic E-state index is 0.0395. The zero-order valence-corrected chi connectivity index (χ0v) is 9.87. The fraction of sp³-hybridized carbons (Fsp3) is 0.833. The summed E-state index contributed by atoms with van der Waals surface area (Å²) in [5.74, 6) is -2.61. The summed E-state index contributed by atoms with van der Waals surface area (Å²) < 4.78 is 95.6. The molecule has 0 fully saturated rings. The van der Waals surface area contributed by atoms with Crippen molar-refractivity contribution in [3.63, 3.8) is 0 Å². The van der Waals surface area contributed by atoms with Crippen LogP contribution in [0.1, 0.15) is 6.92 Å². The van der Waals surface area contributed by atoms with Crippen molar-refractivity contribution < 1.29 is 44.7 Å². The van der Waals surface area contributed by atoms with E-state index in [1.54, 1.807) is 0 Å². The summed E-state index contributed by atoms with van der Waals surface area (Å²) in [6.45, 7) is -2.18. The van der Waals surface area contributed by atoms with Gasteiger partial charge in [0.1, 0.15) is 6.54 Å². The van der Waals surface area contributed by atoms with Crippen molar-refractivity contribution in [3.8, 4) is 0 Å². The molecule has 6 nitrogen and oxygen atoms in total. The summed E-state index contributed by atoms with van der Waals surface area (Å²) in [4.78, 5) is 10.4. The summed E-state index contributed by atoms with van der Waals surface area (Å²) >= 11 is 0. The highest BCUT2D eigenvalue weighted by molar-refractivity contribution is 7.87. The quantitative estimate of drug-likeness (QED) is 0.639. The van der Waals surface area contributed by atoms with Crippen LogP contribution in [0.4, 0.5) is 26.3 Å². The van der Waals surface area contributed by atoms with E-state index < -0.39 is 40.6 Å². The maximum Gasteiger partial charge on any atom is 0.418 e. The topological polar surface area (TPSA) is 95.5 Å². The molecule has 0 bridgehead atoms. The molecule has 1 unspecified atom stereocenters. The van der Waals surface area contributed by atoms with Crippen molar-refractivity contribution in [2.75, 3.05) is 6.54 Å². The SMILES string of the molecule is CC(NS(=O)(=O)NCC(F)(F)F)(C(=O)O)C(F)(F)F. The summed E-state index contributed by atoms with van der Waals surface area (Å²) in [6.07, 6.45) is -10.6. The molecule has 1 atom stereocenters. The van der Waals surface area contributed by atoms with Crippen molar-refractivity contribution in [3.05, 3.63) is 0 Å². The van der Waals surface area contributed by atoms with E-state index >= 15 is 0 Å². The number of nitrogens with one attached hydrogen (secondary N) is 2. The van der Waals surface area contributed by atoms with Crippen LogP contribution in [0.15, 0.2) is 0 Å². The number of hydrogen-bond acceptors (Lipinski definition) is 3. The second kappa shape index (κ2) is 5.13. The predicted molar refractivity (Wildman–Crippen MR) is 48.2 cm³/mol. The van der Waals surface area contributed by atoms with Crippen LogP contribution in [-0.4, -0.2) is 43.9 Å². The second-order valence-corrected chi connectivity index (χ2v) is 4.97. The lowest BCUT2D eigenvalue weighted by Crippen LogP contribution is -2.64. The maximum absolute atomic E-state index is 12.4. The number of rotatable bonds is 5. The third-order valence-electron chi connectivity index (χ3n) is 1.80. The first-order valence-corrected chi connectivity index (χ1v) is 5.74. The first-order chi connectivity index (χ1) is 8.11. The second-order valence-electron chi connectivity index (χ2n) is 3.47. The minimum atomic E-state index is -5.55. The Morgan fingerprint density at radius 2 is 1.58 bits per heavy atom. The monoisotopic (exact) mass is 318 g/mol. The molecule has 13 heteroatoms. The fourth-order valence-corrected chi connectivity index (χ4v) is 1.87. The average molecular weight is 318 g/mol. The molecule has 19 heavy (non-hydrogen) atoms. The van der Waals surface area contributed by atoms with Gasteiger partial charge >= 0.3 is 18.3 Å². The molecule has 0 aromatic rings. The van der Waals surface area contributed by atoms with Gasteiger partial charge in [0.25, 0.3) is 10.2 Å². The Balaban J connectivity index is 5.13. The van der Waals surface area contributed by atoms with E-state index in [1.165, 1.54) is 0 Å². The van der Waals surface area contributed by atoms with Crippen molar-refractivity contribution in [2.24, 2.45) is 0 Å². The Morgan fingerprint density at radius 1 is 1.16 bits per heavy atom. The van der Waals surface area contributed by atoms with Gasteiger partial charge in [-0.1, -0.05) is 0 Å². The lowest BCUT2D eigenvalue weighted by molar-refractivity contribution is -0.201. The summed E-state index contributed by atoms with van der Waals surface area (Å²) in [5, 5.41) is 8.36. The van der Waals surface area contributed by atoms with Gasteiger partial charge in [0.2, 0.25) is 5.54 Å². The van der Waals surface area contributed by atoms with Crippen LogP contribution in [0.5, 0.6) is 0 Å². The standard InChI is InChI=1S/C6H8F6N2O4S/c1-4(3(15)16,6(10,11)12)14-19(17,18)13-2-5(7,8)9/h13-14H,2H2,1H3,(H,15,16). The van der Waals surface area contributed by atoms with Crippen LogP contribution in [-0.2, 0) is 15.0 Å². The average Bonchev–Trinajstić information content (AvgIpc) is 2.11. The zero-order chi connectivity index (χ0) is 15.7. The van der Waals surface area contributed by atoms with E-state index in [2.05, 4.69) is 0 Å². The maximum atomic E-state index is 12.4. The molecule has 0 radical (unpaired) electrons. The highest BCUT2D eigenvalue weighted by Crippen LogP contribution is 2.30. The van der Waals surface area contributed by atoms with Crippen LogP contribution in [0.2, 0.25) is 0 Å². The Kier molecular flexibility index (Phi) is 4.84. The third-order valence-corrected chi connectivity index (χ3v) is 3.00. The third kappa shape index (κ3) is 5.20. The molecule has 0 spiro atoms. The van der Waals surface area contributed by atoms with Gasteiger partial charge in [-0.2, -0.15) is 44.2 Å². The number of halogens is 6. The first-order valence-electron chi connectivity index (χ1n) is 4.26. The molecule has 3 N–H and O–H groups in total. The Labute approximate surface area is 103 Å². The molecular formula is C6H8F6N2O4S. The number of carbonyl (C=O) groups is 1. The number of alkyl halides is 6. The lowest BCUT2D eigenvalue weighted by atomic mass is 10.0. The lowest BCUT2D eigenvalue weighted by Gasteiger charge is -2.28. The normalized spacial score (nSPS) is 17.0. The smallest absolute Gasteiger partial charge is 0.418 e. The molecule has 0 aliphatic carbocycles. The Morgan fingerprint density at radius 3 is 1.84 bits per heavy atom. The molecule has 0 aliphatic rings. The van der Waals surface area contributed by atoms with Gasteiger partial charge < -0.3 is 5.11 Å². The number of carboxylic acid groups (broad SMARTS) is 1. The van der Waals surface area contributed by atoms with Crippen LogP contribution >= 0.6 is 0 Å². The van der Waals surface area contributed by atoms with Crippen molar-refractivity contribution in [1.29, 1.82) is 0 Å². The summed E-state index contributed by atoms with van der Waals surface area (Å²) in [6, 6.07) is 0. The predicted octanol–water partition coefficient (Wildman–Crippen LogP) is 0.378. The number of aliphatic carboxylic acids is 1. The molecule has 0 amide bonds. The molecule has 0 aromatic heterocycles. The van der Waals surface area contributed by atoms with Crippen molar-refractivity contribution in [2.45, 2.75) is 24.8 Å². The molecule has 0 rings (SSSR count). The van der Waals surface area contributed by atoms with Gasteiger partial charge in [-0.25, -0.2) is 4.79 Å². The molecule has 0 saturated heterocycles. The number of hydrogen-bond donors (Lipinski definition) is 3. The van der Waals surface area contributed by atoms with Gasteiger partial charge in [-0.05, 0) is 6.92 Å². The van der Waals surface area contributed by atoms with Crippen molar-refractivity contribution >= 4 is 16.2 Å². The summed E-state index contributed by atoms with van der Waals surface area (Å²) in [5.41, 5.74) is -3.95. The van der Waals surface area contributed by atoms with Crippen LogP contribution in [0, 0.1) is 0 Å². The van der Waals surface area contributed by atoms with E-state index in [0.717, 1.165) is 4.72 Å². The van der Waals surface area contributed by atoms with Crippen LogP contribution in [0.3, 0.4) is 0 Å².